The van der Waals surface area contributed by atoms with E-state index >= 15 is 0 Å². The van der Waals surface area contributed by atoms with Crippen LogP contribution in [-0.2, 0) is 0 Å². The van der Waals surface area contributed by atoms with Crippen LogP contribution in [0.25, 0.3) is 0 Å². The van der Waals surface area contributed by atoms with Crippen molar-refractivity contribution in [3.63, 3.8) is 0 Å². The molecule has 1 saturated carbocycles. The van der Waals surface area contributed by atoms with Crippen molar-refractivity contribution in [2.45, 2.75) is 31.7 Å². The molecule has 1 fully saturated rings. The maximum Gasteiger partial charge on any atom is 0.0810 e. The van der Waals surface area contributed by atoms with E-state index in [0.29, 0.717) is 0 Å². The molecule has 0 N–H and O–H groups in total. The van der Waals surface area contributed by atoms with Gasteiger partial charge in [0.1, 0.15) is 0 Å². The van der Waals surface area contributed by atoms with Crippen LogP contribution in [0.3, 0.4) is 0 Å². The van der Waals surface area contributed by atoms with E-state index in [0.717, 1.165) is 15.4 Å². The molecule has 0 bridgehead atoms. The Morgan fingerprint density at radius 3 is 2.46 bits per heavy atom. The lowest BCUT2D eigenvalue weighted by Crippen LogP contribution is -2.15. The van der Waals surface area contributed by atoms with E-state index in [1.807, 2.05) is 0 Å². The lowest BCUT2D eigenvalue weighted by atomic mass is 10.1. The van der Waals surface area contributed by atoms with E-state index < -0.39 is 0 Å². The van der Waals surface area contributed by atoms with E-state index in [1.54, 1.807) is 0 Å². The predicted molar refractivity (Wildman–Crippen MR) is 58.6 cm³/mol. The number of benzene rings is 1. The zero-order valence-corrected chi connectivity index (χ0v) is 9.00. The van der Waals surface area contributed by atoms with Gasteiger partial charge in [-0.15, -0.1) is 0 Å². The van der Waals surface area contributed by atoms with Gasteiger partial charge in [0.05, 0.1) is 9.52 Å². The lowest BCUT2D eigenvalue weighted by Gasteiger charge is -2.06. The van der Waals surface area contributed by atoms with Crippen LogP contribution < -0.4 is 5.19 Å². The van der Waals surface area contributed by atoms with Crippen molar-refractivity contribution in [3.8, 4) is 0 Å². The second kappa shape index (κ2) is 4.61. The molecule has 68 valence electrons. The van der Waals surface area contributed by atoms with Gasteiger partial charge in [-0.25, -0.2) is 0 Å². The largest absolute Gasteiger partial charge is 0.0810 e. The van der Waals surface area contributed by atoms with Crippen LogP contribution in [0.4, 0.5) is 0 Å². The van der Waals surface area contributed by atoms with Gasteiger partial charge in [-0.3, -0.25) is 0 Å². The van der Waals surface area contributed by atoms with Gasteiger partial charge in [0.25, 0.3) is 0 Å². The molecule has 0 unspecified atom stereocenters. The van der Waals surface area contributed by atoms with Crippen molar-refractivity contribution in [3.05, 3.63) is 30.3 Å². The number of rotatable bonds is 3. The molecule has 0 nitrogen and oxygen atoms in total. The van der Waals surface area contributed by atoms with Crippen molar-refractivity contribution >= 4 is 14.7 Å². The summed E-state index contributed by atoms with van der Waals surface area (Å²) >= 11 is 0. The van der Waals surface area contributed by atoms with Crippen molar-refractivity contribution in [1.82, 2.24) is 0 Å². The van der Waals surface area contributed by atoms with Crippen molar-refractivity contribution in [1.29, 1.82) is 0 Å². The average molecular weight is 188 g/mol. The fraction of sp³-hybridized carbons (Fsp3) is 0.500. The molecule has 13 heavy (non-hydrogen) atoms. The summed E-state index contributed by atoms with van der Waals surface area (Å²) in [4.78, 5) is 0. The van der Waals surface area contributed by atoms with Gasteiger partial charge in [-0.1, -0.05) is 67.2 Å². The Morgan fingerprint density at radius 2 is 1.77 bits per heavy atom. The van der Waals surface area contributed by atoms with Crippen molar-refractivity contribution in [2.24, 2.45) is 5.92 Å². The molecule has 0 aromatic heterocycles. The van der Waals surface area contributed by atoms with Gasteiger partial charge in [0, 0.05) is 0 Å². The summed E-state index contributed by atoms with van der Waals surface area (Å²) in [6.45, 7) is 0. The summed E-state index contributed by atoms with van der Waals surface area (Å²) in [5.74, 6) is 1.04. The molecular formula is C12H16Si. The first-order valence-electron chi connectivity index (χ1n) is 5.24. The highest BCUT2D eigenvalue weighted by Crippen LogP contribution is 2.27. The Bertz CT molecular complexity index is 237. The van der Waals surface area contributed by atoms with Gasteiger partial charge >= 0.3 is 0 Å². The van der Waals surface area contributed by atoms with Gasteiger partial charge in [0.15, 0.2) is 0 Å². The fourth-order valence-corrected chi connectivity index (χ4v) is 3.39. The monoisotopic (exact) mass is 188 g/mol. The zero-order chi connectivity index (χ0) is 8.93. The first kappa shape index (κ1) is 9.01. The Morgan fingerprint density at radius 1 is 1.08 bits per heavy atom. The molecule has 1 heteroatoms. The minimum atomic E-state index is 1.04. The number of hydrogen-bond acceptors (Lipinski definition) is 0. The maximum absolute atomic E-state index is 2.26. The van der Waals surface area contributed by atoms with Gasteiger partial charge in [0.2, 0.25) is 0 Å². The third kappa shape index (κ3) is 2.70. The van der Waals surface area contributed by atoms with Crippen LogP contribution in [0.5, 0.6) is 0 Å². The third-order valence-electron chi connectivity index (χ3n) is 2.84. The molecule has 0 amide bonds. The highest BCUT2D eigenvalue weighted by molar-refractivity contribution is 6.53. The topological polar surface area (TPSA) is 0 Å². The Hall–Kier alpha value is -0.563. The third-order valence-corrected chi connectivity index (χ3v) is 4.37. The van der Waals surface area contributed by atoms with Gasteiger partial charge in [-0.2, -0.15) is 0 Å². The molecule has 0 heterocycles. The van der Waals surface area contributed by atoms with Gasteiger partial charge in [-0.05, 0) is 5.92 Å². The lowest BCUT2D eigenvalue weighted by molar-refractivity contribution is 0.610. The summed E-state index contributed by atoms with van der Waals surface area (Å²) in [5, 5.41) is 1.54. The van der Waals surface area contributed by atoms with Crippen LogP contribution in [-0.4, -0.2) is 9.52 Å². The predicted octanol–water partition coefficient (Wildman–Crippen LogP) is 2.62. The van der Waals surface area contributed by atoms with E-state index in [9.17, 15) is 0 Å². The normalized spacial score (nSPS) is 17.8. The molecule has 1 aliphatic carbocycles. The summed E-state index contributed by atoms with van der Waals surface area (Å²) in [7, 11) is 1.04. The van der Waals surface area contributed by atoms with Crippen LogP contribution in [0, 0.1) is 5.92 Å². The zero-order valence-electron chi connectivity index (χ0n) is 8.00. The van der Waals surface area contributed by atoms with Crippen molar-refractivity contribution < 1.29 is 0 Å². The first-order valence-corrected chi connectivity index (χ1v) is 6.45. The van der Waals surface area contributed by atoms with Crippen LogP contribution in [0.15, 0.2) is 30.3 Å². The summed E-state index contributed by atoms with van der Waals surface area (Å²) < 4.78 is 0. The highest BCUT2D eigenvalue weighted by Gasteiger charge is 2.14. The molecule has 0 saturated heterocycles. The molecule has 1 aromatic carbocycles. The highest BCUT2D eigenvalue weighted by atomic mass is 28.2. The summed E-state index contributed by atoms with van der Waals surface area (Å²) in [6.07, 6.45) is 5.92. The Labute approximate surface area is 83.2 Å². The SMILES string of the molecule is c1ccc([Si]CC2CCCC2)cc1. The van der Waals surface area contributed by atoms with Crippen molar-refractivity contribution in [2.75, 3.05) is 0 Å². The van der Waals surface area contributed by atoms with Gasteiger partial charge < -0.3 is 0 Å². The molecule has 2 rings (SSSR count). The van der Waals surface area contributed by atoms with E-state index in [4.69, 9.17) is 0 Å². The van der Waals surface area contributed by atoms with E-state index in [-0.39, 0.29) is 0 Å². The van der Waals surface area contributed by atoms with Crippen LogP contribution in [0.1, 0.15) is 25.7 Å². The quantitative estimate of drug-likeness (QED) is 0.640. The van der Waals surface area contributed by atoms with Crippen LogP contribution in [0.2, 0.25) is 6.04 Å². The number of hydrogen-bond donors (Lipinski definition) is 0. The minimum Gasteiger partial charge on any atom is -0.0642 e. The summed E-state index contributed by atoms with van der Waals surface area (Å²) in [5.41, 5.74) is 0. The Balaban J connectivity index is 1.79. The molecule has 2 radical (unpaired) electrons. The smallest absolute Gasteiger partial charge is 0.0642 e. The molecule has 0 spiro atoms. The Kier molecular flexibility index (Phi) is 3.20. The molecule has 0 aliphatic heterocycles. The molecule has 1 aliphatic rings. The second-order valence-corrected chi connectivity index (χ2v) is 5.24. The molecule has 1 aromatic rings. The molecular weight excluding hydrogens is 172 g/mol. The average Bonchev–Trinajstić information content (AvgIpc) is 2.69. The standard InChI is InChI=1S/C12H16Si/c1-2-8-12(9-3-1)13-10-11-6-4-5-7-11/h1-3,8-9,11H,4-7,10H2. The van der Waals surface area contributed by atoms with E-state index in [2.05, 4.69) is 30.3 Å². The van der Waals surface area contributed by atoms with E-state index in [1.165, 1.54) is 36.9 Å². The minimum absolute atomic E-state index is 1.04. The fourth-order valence-electron chi connectivity index (χ4n) is 2.03. The van der Waals surface area contributed by atoms with Crippen LogP contribution >= 0.6 is 0 Å². The second-order valence-electron chi connectivity index (χ2n) is 3.90. The molecule has 0 atom stereocenters. The summed E-state index contributed by atoms with van der Waals surface area (Å²) in [6, 6.07) is 12.3. The maximum atomic E-state index is 2.26. The first-order chi connectivity index (χ1) is 6.45.